The molecule has 168 valence electrons. The third-order valence-electron chi connectivity index (χ3n) is 5.12. The topological polar surface area (TPSA) is 109 Å². The van der Waals surface area contributed by atoms with Crippen molar-refractivity contribution in [2.24, 2.45) is 5.16 Å². The number of carbonyl (C=O) groups excluding carboxylic acids is 3. The van der Waals surface area contributed by atoms with Crippen LogP contribution in [0.4, 0.5) is 10.5 Å². The molecule has 2 atom stereocenters. The minimum Gasteiger partial charge on any atom is -0.442 e. The number of amides is 3. The first-order valence-corrected chi connectivity index (χ1v) is 11.1. The van der Waals surface area contributed by atoms with Gasteiger partial charge in [-0.05, 0) is 29.8 Å². The van der Waals surface area contributed by atoms with Gasteiger partial charge in [-0.25, -0.2) is 4.79 Å². The lowest BCUT2D eigenvalue weighted by Crippen LogP contribution is -2.33. The summed E-state index contributed by atoms with van der Waals surface area (Å²) in [7, 11) is 0. The Morgan fingerprint density at radius 3 is 2.38 bits per heavy atom. The molecule has 0 spiro atoms. The van der Waals surface area contributed by atoms with E-state index in [0.717, 1.165) is 26.7 Å². The first-order chi connectivity index (χ1) is 15.4. The fourth-order valence-electron chi connectivity index (χ4n) is 3.49. The molecule has 1 aromatic carbocycles. The maximum atomic E-state index is 12.2. The fraction of sp³-hybridized carbons (Fsp3) is 0.364. The lowest BCUT2D eigenvalue weighted by molar-refractivity contribution is -0.120. The van der Waals surface area contributed by atoms with Gasteiger partial charge < -0.3 is 20.2 Å². The number of oxime groups is 1. The van der Waals surface area contributed by atoms with Crippen molar-refractivity contribution in [3.8, 4) is 10.4 Å². The van der Waals surface area contributed by atoms with Crippen LogP contribution in [0.25, 0.3) is 10.4 Å². The first-order valence-electron chi connectivity index (χ1n) is 10.3. The van der Waals surface area contributed by atoms with Crippen molar-refractivity contribution in [2.75, 3.05) is 24.5 Å². The minimum atomic E-state index is -0.417. The van der Waals surface area contributed by atoms with Crippen LogP contribution in [0.3, 0.4) is 0 Å². The van der Waals surface area contributed by atoms with Crippen molar-refractivity contribution in [2.45, 2.75) is 32.5 Å². The highest BCUT2D eigenvalue weighted by Gasteiger charge is 2.32. The number of rotatable bonds is 7. The molecule has 0 radical (unpaired) electrons. The Morgan fingerprint density at radius 1 is 1.03 bits per heavy atom. The summed E-state index contributed by atoms with van der Waals surface area (Å²) >= 11 is 1.61. The molecule has 3 heterocycles. The van der Waals surface area contributed by atoms with E-state index in [0.29, 0.717) is 26.1 Å². The molecule has 1 aromatic heterocycles. The molecule has 1 unspecified atom stereocenters. The maximum Gasteiger partial charge on any atom is 0.414 e. The van der Waals surface area contributed by atoms with Crippen molar-refractivity contribution in [1.82, 2.24) is 10.6 Å². The van der Waals surface area contributed by atoms with Gasteiger partial charge in [-0.2, -0.15) is 0 Å². The van der Waals surface area contributed by atoms with Crippen LogP contribution in [0.15, 0.2) is 41.6 Å². The van der Waals surface area contributed by atoms with Crippen LogP contribution in [0.5, 0.6) is 0 Å². The number of hydrogen-bond donors (Lipinski definition) is 2. The summed E-state index contributed by atoms with van der Waals surface area (Å²) in [6, 6.07) is 11.7. The Balaban J connectivity index is 1.37. The Morgan fingerprint density at radius 2 is 1.69 bits per heavy atom. The monoisotopic (exact) mass is 456 g/mol. The van der Waals surface area contributed by atoms with Gasteiger partial charge in [0.2, 0.25) is 11.8 Å². The zero-order valence-corrected chi connectivity index (χ0v) is 18.6. The molecule has 2 aromatic rings. The molecular formula is C22H24N4O5S. The average Bonchev–Trinajstić information content (AvgIpc) is 3.50. The predicted octanol–water partition coefficient (Wildman–Crippen LogP) is 2.51. The minimum absolute atomic E-state index is 0.0886. The molecule has 0 aliphatic carbocycles. The highest BCUT2D eigenvalue weighted by molar-refractivity contribution is 7.17. The van der Waals surface area contributed by atoms with Gasteiger partial charge in [0.05, 0.1) is 24.5 Å². The molecule has 10 heteroatoms. The molecule has 3 amide bonds. The summed E-state index contributed by atoms with van der Waals surface area (Å²) in [5.74, 6) is -0.244. The van der Waals surface area contributed by atoms with E-state index in [1.165, 1.54) is 13.8 Å². The summed E-state index contributed by atoms with van der Waals surface area (Å²) < 4.78 is 5.32. The van der Waals surface area contributed by atoms with Gasteiger partial charge in [-0.3, -0.25) is 14.5 Å². The van der Waals surface area contributed by atoms with E-state index in [-0.39, 0.29) is 24.0 Å². The van der Waals surface area contributed by atoms with Gasteiger partial charge in [0.1, 0.15) is 17.9 Å². The van der Waals surface area contributed by atoms with Crippen LogP contribution < -0.4 is 15.5 Å². The Hall–Kier alpha value is -3.40. The van der Waals surface area contributed by atoms with Gasteiger partial charge in [0.15, 0.2) is 0 Å². The van der Waals surface area contributed by atoms with E-state index in [9.17, 15) is 14.4 Å². The lowest BCUT2D eigenvalue weighted by Gasteiger charge is -2.13. The highest BCUT2D eigenvalue weighted by Crippen LogP contribution is 2.32. The lowest BCUT2D eigenvalue weighted by atomic mass is 10.1. The highest BCUT2D eigenvalue weighted by atomic mass is 32.1. The third kappa shape index (κ3) is 5.08. The van der Waals surface area contributed by atoms with Gasteiger partial charge in [0.25, 0.3) is 0 Å². The fourth-order valence-corrected chi connectivity index (χ4v) is 4.49. The van der Waals surface area contributed by atoms with Crippen LogP contribution in [0.2, 0.25) is 0 Å². The van der Waals surface area contributed by atoms with Crippen molar-refractivity contribution < 1.29 is 24.0 Å². The number of cyclic esters (lactones) is 1. The van der Waals surface area contributed by atoms with Crippen LogP contribution in [-0.2, 0) is 19.2 Å². The molecule has 1 saturated heterocycles. The standard InChI is InChI=1S/C22H24N4O5S/c1-13(27)23-10-17-9-19(25-31-17)21-8-7-20(32-21)15-3-5-16(6-4-15)26-12-18(30-22(26)29)11-24-14(2)28/h3-8,17-18H,9-12H2,1-2H3,(H,23,27)(H,24,28)/t17?,18-/m0/s1. The van der Waals surface area contributed by atoms with Crippen LogP contribution >= 0.6 is 11.3 Å². The summed E-state index contributed by atoms with van der Waals surface area (Å²) in [6.45, 7) is 4.03. The smallest absolute Gasteiger partial charge is 0.414 e. The van der Waals surface area contributed by atoms with Crippen molar-refractivity contribution in [3.63, 3.8) is 0 Å². The molecular weight excluding hydrogens is 432 g/mol. The summed E-state index contributed by atoms with van der Waals surface area (Å²) in [5, 5.41) is 9.59. The van der Waals surface area contributed by atoms with Crippen molar-refractivity contribution in [3.05, 3.63) is 41.3 Å². The summed E-state index contributed by atoms with van der Waals surface area (Å²) in [4.78, 5) is 43.4. The second-order valence-corrected chi connectivity index (χ2v) is 8.75. The quantitative estimate of drug-likeness (QED) is 0.665. The SMILES string of the molecule is CC(=O)NCC1CC(c2ccc(-c3ccc(N4C[C@H](CNC(C)=O)OC4=O)cc3)s2)=NO1. The summed E-state index contributed by atoms with van der Waals surface area (Å²) in [6.07, 6.45) is -0.279. The number of carbonyl (C=O) groups is 3. The number of nitrogens with zero attached hydrogens (tertiary/aromatic N) is 2. The second kappa shape index (κ2) is 9.39. The zero-order valence-electron chi connectivity index (χ0n) is 17.8. The largest absolute Gasteiger partial charge is 0.442 e. The molecule has 0 saturated carbocycles. The van der Waals surface area contributed by atoms with E-state index in [1.54, 1.807) is 16.2 Å². The average molecular weight is 457 g/mol. The molecule has 9 nitrogen and oxygen atoms in total. The Kier molecular flexibility index (Phi) is 6.40. The number of nitrogens with one attached hydrogen (secondary N) is 2. The van der Waals surface area contributed by atoms with E-state index in [4.69, 9.17) is 9.57 Å². The van der Waals surface area contributed by atoms with Gasteiger partial charge in [-0.1, -0.05) is 17.3 Å². The van der Waals surface area contributed by atoms with E-state index in [1.807, 2.05) is 36.4 Å². The summed E-state index contributed by atoms with van der Waals surface area (Å²) in [5.41, 5.74) is 2.65. The second-order valence-electron chi connectivity index (χ2n) is 7.67. The first kappa shape index (κ1) is 21.8. The molecule has 4 rings (SSSR count). The Bertz CT molecular complexity index is 1050. The molecule has 2 N–H and O–H groups in total. The predicted molar refractivity (Wildman–Crippen MR) is 121 cm³/mol. The maximum absolute atomic E-state index is 12.2. The zero-order chi connectivity index (χ0) is 22.7. The van der Waals surface area contributed by atoms with Crippen LogP contribution in [0, 0.1) is 0 Å². The normalized spacial score (nSPS) is 19.9. The van der Waals surface area contributed by atoms with E-state index >= 15 is 0 Å². The number of benzene rings is 1. The van der Waals surface area contributed by atoms with Crippen molar-refractivity contribution in [1.29, 1.82) is 0 Å². The molecule has 32 heavy (non-hydrogen) atoms. The molecule has 0 bridgehead atoms. The van der Waals surface area contributed by atoms with Gasteiger partial charge in [0, 0.05) is 30.8 Å². The van der Waals surface area contributed by atoms with E-state index < -0.39 is 6.09 Å². The number of thiophene rings is 1. The van der Waals surface area contributed by atoms with Crippen LogP contribution in [-0.4, -0.2) is 55.5 Å². The molecule has 2 aliphatic heterocycles. The number of anilines is 1. The van der Waals surface area contributed by atoms with Crippen molar-refractivity contribution >= 4 is 40.6 Å². The number of ether oxygens (including phenoxy) is 1. The third-order valence-corrected chi connectivity index (χ3v) is 6.30. The number of hydrogen-bond acceptors (Lipinski definition) is 7. The van der Waals surface area contributed by atoms with Gasteiger partial charge >= 0.3 is 6.09 Å². The molecule has 1 fully saturated rings. The Labute approximate surface area is 189 Å². The van der Waals surface area contributed by atoms with Crippen LogP contribution in [0.1, 0.15) is 25.1 Å². The van der Waals surface area contributed by atoms with Gasteiger partial charge in [-0.15, -0.1) is 11.3 Å². The molecule has 2 aliphatic rings. The van der Waals surface area contributed by atoms with E-state index in [2.05, 4.69) is 15.8 Å².